The van der Waals surface area contributed by atoms with Crippen LogP contribution in [0.1, 0.15) is 57.9 Å². The zero-order valence-electron chi connectivity index (χ0n) is 13.6. The number of morpholine rings is 1. The molecule has 6 heteroatoms. The Morgan fingerprint density at radius 1 is 1.38 bits per heavy atom. The smallest absolute Gasteiger partial charge is 0.231 e. The van der Waals surface area contributed by atoms with Gasteiger partial charge in [0.15, 0.2) is 0 Å². The minimum atomic E-state index is -0.0673. The summed E-state index contributed by atoms with van der Waals surface area (Å²) in [5.74, 6) is 1.57. The van der Waals surface area contributed by atoms with Crippen LogP contribution in [0.25, 0.3) is 0 Å². The molecule has 1 aliphatic rings. The van der Waals surface area contributed by atoms with Gasteiger partial charge in [-0.2, -0.15) is 4.98 Å². The maximum atomic E-state index is 5.77. The third kappa shape index (κ3) is 4.25. The number of ether oxygens (including phenoxy) is 1. The summed E-state index contributed by atoms with van der Waals surface area (Å²) in [6, 6.07) is 0.317. The van der Waals surface area contributed by atoms with Crippen molar-refractivity contribution in [2.24, 2.45) is 0 Å². The van der Waals surface area contributed by atoms with Crippen molar-refractivity contribution in [1.29, 1.82) is 0 Å². The second-order valence-corrected chi connectivity index (χ2v) is 5.77. The molecule has 1 saturated heterocycles. The third-order valence-corrected chi connectivity index (χ3v) is 4.20. The van der Waals surface area contributed by atoms with Crippen molar-refractivity contribution in [2.45, 2.75) is 52.2 Å². The summed E-state index contributed by atoms with van der Waals surface area (Å²) in [6.07, 6.45) is 1.05. The van der Waals surface area contributed by atoms with E-state index in [1.165, 1.54) is 0 Å². The SMILES string of the molecule is CCCNC(C)C(C)c1nc(C2CN(CC)CCO2)no1. The number of hydrogen-bond acceptors (Lipinski definition) is 6. The first-order valence-corrected chi connectivity index (χ1v) is 8.06. The van der Waals surface area contributed by atoms with E-state index in [2.05, 4.69) is 48.1 Å². The molecule has 120 valence electrons. The zero-order chi connectivity index (χ0) is 15.2. The maximum Gasteiger partial charge on any atom is 0.231 e. The molecule has 0 aromatic carbocycles. The summed E-state index contributed by atoms with van der Waals surface area (Å²) in [5, 5.41) is 7.60. The average Bonchev–Trinajstić information content (AvgIpc) is 3.01. The fraction of sp³-hybridized carbons (Fsp3) is 0.867. The second kappa shape index (κ2) is 7.87. The Bertz CT molecular complexity index is 424. The fourth-order valence-electron chi connectivity index (χ4n) is 2.47. The zero-order valence-corrected chi connectivity index (χ0v) is 13.6. The van der Waals surface area contributed by atoms with Gasteiger partial charge in [0.25, 0.3) is 0 Å². The molecule has 0 saturated carbocycles. The van der Waals surface area contributed by atoms with Gasteiger partial charge in [-0.25, -0.2) is 0 Å². The summed E-state index contributed by atoms with van der Waals surface area (Å²) >= 11 is 0. The van der Waals surface area contributed by atoms with Crippen molar-refractivity contribution in [3.8, 4) is 0 Å². The highest BCUT2D eigenvalue weighted by Gasteiger charge is 2.27. The van der Waals surface area contributed by atoms with Gasteiger partial charge in [-0.1, -0.05) is 25.9 Å². The second-order valence-electron chi connectivity index (χ2n) is 5.77. The third-order valence-electron chi connectivity index (χ3n) is 4.20. The van der Waals surface area contributed by atoms with Crippen molar-refractivity contribution < 1.29 is 9.26 Å². The normalized spacial score (nSPS) is 23.1. The number of hydrogen-bond donors (Lipinski definition) is 1. The lowest BCUT2D eigenvalue weighted by atomic mass is 10.0. The number of nitrogens with one attached hydrogen (secondary N) is 1. The van der Waals surface area contributed by atoms with Gasteiger partial charge >= 0.3 is 0 Å². The van der Waals surface area contributed by atoms with Crippen LogP contribution in [0.3, 0.4) is 0 Å². The molecule has 3 atom stereocenters. The summed E-state index contributed by atoms with van der Waals surface area (Å²) in [4.78, 5) is 6.91. The summed E-state index contributed by atoms with van der Waals surface area (Å²) < 4.78 is 11.2. The van der Waals surface area contributed by atoms with Gasteiger partial charge in [0.2, 0.25) is 11.7 Å². The topological polar surface area (TPSA) is 63.4 Å². The molecule has 1 aromatic rings. The van der Waals surface area contributed by atoms with E-state index in [0.29, 0.717) is 17.8 Å². The number of nitrogens with zero attached hydrogens (tertiary/aromatic N) is 3. The van der Waals surface area contributed by atoms with Gasteiger partial charge in [-0.05, 0) is 26.4 Å². The van der Waals surface area contributed by atoms with Crippen molar-refractivity contribution >= 4 is 0 Å². The van der Waals surface area contributed by atoms with E-state index in [4.69, 9.17) is 9.26 Å². The molecular weight excluding hydrogens is 268 g/mol. The Hall–Kier alpha value is -0.980. The first-order chi connectivity index (χ1) is 10.2. The van der Waals surface area contributed by atoms with Crippen molar-refractivity contribution in [3.63, 3.8) is 0 Å². The lowest BCUT2D eigenvalue weighted by Gasteiger charge is -2.30. The molecule has 6 nitrogen and oxygen atoms in total. The predicted molar refractivity (Wildman–Crippen MR) is 81.3 cm³/mol. The van der Waals surface area contributed by atoms with Crippen LogP contribution >= 0.6 is 0 Å². The highest BCUT2D eigenvalue weighted by molar-refractivity contribution is 5.00. The van der Waals surface area contributed by atoms with Gasteiger partial charge in [-0.15, -0.1) is 0 Å². The van der Waals surface area contributed by atoms with Gasteiger partial charge in [0, 0.05) is 19.1 Å². The largest absolute Gasteiger partial charge is 0.367 e. The quantitative estimate of drug-likeness (QED) is 0.830. The van der Waals surface area contributed by atoms with Crippen LogP contribution in [-0.4, -0.2) is 53.9 Å². The van der Waals surface area contributed by atoms with Crippen molar-refractivity contribution in [1.82, 2.24) is 20.4 Å². The molecule has 1 aromatic heterocycles. The Morgan fingerprint density at radius 3 is 2.90 bits per heavy atom. The molecule has 0 radical (unpaired) electrons. The van der Waals surface area contributed by atoms with Crippen LogP contribution in [0.4, 0.5) is 0 Å². The fourth-order valence-corrected chi connectivity index (χ4v) is 2.47. The van der Waals surface area contributed by atoms with Crippen LogP contribution in [0.2, 0.25) is 0 Å². The Balaban J connectivity index is 1.97. The minimum absolute atomic E-state index is 0.0673. The van der Waals surface area contributed by atoms with Crippen molar-refractivity contribution in [2.75, 3.05) is 32.8 Å². The van der Waals surface area contributed by atoms with Crippen LogP contribution < -0.4 is 5.32 Å². The molecule has 0 bridgehead atoms. The van der Waals surface area contributed by atoms with E-state index in [-0.39, 0.29) is 12.0 Å². The molecule has 2 heterocycles. The highest BCUT2D eigenvalue weighted by atomic mass is 16.5. The Morgan fingerprint density at radius 2 is 2.19 bits per heavy atom. The lowest BCUT2D eigenvalue weighted by molar-refractivity contribution is -0.0334. The molecule has 1 aliphatic heterocycles. The van der Waals surface area contributed by atoms with Crippen LogP contribution in [0, 0.1) is 0 Å². The molecule has 1 N–H and O–H groups in total. The van der Waals surface area contributed by atoms with Crippen molar-refractivity contribution in [3.05, 3.63) is 11.7 Å². The maximum absolute atomic E-state index is 5.77. The monoisotopic (exact) mass is 296 g/mol. The molecular formula is C15H28N4O2. The molecule has 0 spiro atoms. The first-order valence-electron chi connectivity index (χ1n) is 8.06. The molecule has 0 aliphatic carbocycles. The first kappa shape index (κ1) is 16.4. The van der Waals surface area contributed by atoms with E-state index in [1.807, 2.05) is 0 Å². The van der Waals surface area contributed by atoms with Gasteiger partial charge in [0.1, 0.15) is 6.10 Å². The molecule has 21 heavy (non-hydrogen) atoms. The van der Waals surface area contributed by atoms with Gasteiger partial charge in [0.05, 0.1) is 12.5 Å². The number of likely N-dealkylation sites (N-methyl/N-ethyl adjacent to an activating group) is 1. The van der Waals surface area contributed by atoms with Crippen LogP contribution in [-0.2, 0) is 4.74 Å². The predicted octanol–water partition coefficient (Wildman–Crippen LogP) is 1.95. The van der Waals surface area contributed by atoms with E-state index >= 15 is 0 Å². The van der Waals surface area contributed by atoms with Gasteiger partial charge in [-0.3, -0.25) is 4.90 Å². The summed E-state index contributed by atoms with van der Waals surface area (Å²) in [7, 11) is 0. The van der Waals surface area contributed by atoms with Crippen LogP contribution in [0.15, 0.2) is 4.52 Å². The molecule has 0 amide bonds. The Kier molecular flexibility index (Phi) is 6.14. The minimum Gasteiger partial charge on any atom is -0.367 e. The molecule has 1 fully saturated rings. The number of aromatic nitrogens is 2. The standard InChI is InChI=1S/C15H28N4O2/c1-5-7-16-12(4)11(3)15-17-14(18-21-15)13-10-19(6-2)8-9-20-13/h11-13,16H,5-10H2,1-4H3. The molecule has 2 rings (SSSR count). The van der Waals surface area contributed by atoms with E-state index in [9.17, 15) is 0 Å². The van der Waals surface area contributed by atoms with Gasteiger partial charge < -0.3 is 14.6 Å². The van der Waals surface area contributed by atoms with Crippen LogP contribution in [0.5, 0.6) is 0 Å². The van der Waals surface area contributed by atoms with E-state index in [1.54, 1.807) is 0 Å². The lowest BCUT2D eigenvalue weighted by Crippen LogP contribution is -2.38. The summed E-state index contributed by atoms with van der Waals surface area (Å²) in [5.41, 5.74) is 0. The number of rotatable bonds is 7. The Labute approximate surface area is 127 Å². The highest BCUT2D eigenvalue weighted by Crippen LogP contribution is 2.23. The van der Waals surface area contributed by atoms with E-state index in [0.717, 1.165) is 39.2 Å². The molecule has 3 unspecified atom stereocenters. The van der Waals surface area contributed by atoms with E-state index < -0.39 is 0 Å². The average molecular weight is 296 g/mol. The summed E-state index contributed by atoms with van der Waals surface area (Å²) in [6.45, 7) is 13.2.